The average Bonchev–Trinajstić information content (AvgIpc) is 2.93. The Morgan fingerprint density at radius 3 is 3.06 bits per heavy atom. The fraction of sp³-hybridized carbons (Fsp3) is 0.417. The Hall–Kier alpha value is -1.75. The third-order valence-corrected chi connectivity index (χ3v) is 3.35. The number of likely N-dealkylation sites (tertiary alicyclic amines) is 1. The van der Waals surface area contributed by atoms with E-state index in [-0.39, 0.29) is 0 Å². The van der Waals surface area contributed by atoms with Gasteiger partial charge in [0.15, 0.2) is 5.65 Å². The van der Waals surface area contributed by atoms with Crippen molar-refractivity contribution >= 4 is 11.9 Å². The van der Waals surface area contributed by atoms with Gasteiger partial charge in [0.25, 0.3) is 0 Å². The molecule has 0 aromatic carbocycles. The van der Waals surface area contributed by atoms with Crippen molar-refractivity contribution in [3.8, 4) is 0 Å². The average molecular weight is 230 g/mol. The van der Waals surface area contributed by atoms with Crippen molar-refractivity contribution in [2.45, 2.75) is 12.3 Å². The second-order valence-electron chi connectivity index (χ2n) is 4.61. The van der Waals surface area contributed by atoms with Crippen LogP contribution in [0.15, 0.2) is 18.3 Å². The van der Waals surface area contributed by atoms with Crippen molar-refractivity contribution in [2.75, 3.05) is 20.1 Å². The van der Waals surface area contributed by atoms with Crippen LogP contribution in [0.2, 0.25) is 0 Å². The monoisotopic (exact) mass is 230 g/mol. The molecule has 1 saturated heterocycles. The Bertz CT molecular complexity index is 563. The summed E-state index contributed by atoms with van der Waals surface area (Å²) in [6.07, 6.45) is 3.83. The lowest BCUT2D eigenvalue weighted by molar-refractivity contribution is 0.112. The van der Waals surface area contributed by atoms with Crippen molar-refractivity contribution in [3.63, 3.8) is 0 Å². The number of hydrogen-bond donors (Lipinski definition) is 0. The van der Waals surface area contributed by atoms with E-state index in [9.17, 15) is 4.79 Å². The predicted molar refractivity (Wildman–Crippen MR) is 63.2 cm³/mol. The topological polar surface area (TPSA) is 50.5 Å². The van der Waals surface area contributed by atoms with Crippen LogP contribution >= 0.6 is 0 Å². The lowest BCUT2D eigenvalue weighted by Gasteiger charge is -2.08. The molecule has 0 aliphatic carbocycles. The number of rotatable bonds is 2. The zero-order chi connectivity index (χ0) is 11.8. The number of nitrogens with zero attached hydrogens (tertiary/aromatic N) is 4. The standard InChI is InChI=1S/C12H14N4O/c1-15-4-3-10(7-15)12-14-13-11-6-9(8-17)2-5-16(11)12/h2,5-6,8,10H,3-4,7H2,1H3. The minimum atomic E-state index is 0.442. The van der Waals surface area contributed by atoms with E-state index in [1.807, 2.05) is 10.6 Å². The van der Waals surface area contributed by atoms with Crippen LogP contribution in [0.5, 0.6) is 0 Å². The van der Waals surface area contributed by atoms with Crippen molar-refractivity contribution in [1.29, 1.82) is 0 Å². The molecule has 0 spiro atoms. The molecule has 5 nitrogen and oxygen atoms in total. The Labute approximate surface area is 99.1 Å². The first kappa shape index (κ1) is 10.4. The van der Waals surface area contributed by atoms with Crippen LogP contribution < -0.4 is 0 Å². The molecular formula is C12H14N4O. The molecule has 17 heavy (non-hydrogen) atoms. The first-order valence-corrected chi connectivity index (χ1v) is 5.76. The first-order valence-electron chi connectivity index (χ1n) is 5.76. The summed E-state index contributed by atoms with van der Waals surface area (Å²) in [7, 11) is 2.12. The summed E-state index contributed by atoms with van der Waals surface area (Å²) in [4.78, 5) is 13.0. The molecule has 2 aromatic rings. The molecule has 1 aliphatic heterocycles. The van der Waals surface area contributed by atoms with Crippen LogP contribution in [0.3, 0.4) is 0 Å². The van der Waals surface area contributed by atoms with Gasteiger partial charge in [-0.15, -0.1) is 10.2 Å². The van der Waals surface area contributed by atoms with Gasteiger partial charge < -0.3 is 4.90 Å². The summed E-state index contributed by atoms with van der Waals surface area (Å²) in [6, 6.07) is 3.56. The third-order valence-electron chi connectivity index (χ3n) is 3.35. The molecule has 2 aromatic heterocycles. The summed E-state index contributed by atoms with van der Waals surface area (Å²) < 4.78 is 1.98. The summed E-state index contributed by atoms with van der Waals surface area (Å²) in [5.41, 5.74) is 1.39. The van der Waals surface area contributed by atoms with Crippen LogP contribution in [-0.2, 0) is 0 Å². The highest BCUT2D eigenvalue weighted by molar-refractivity contribution is 5.76. The van der Waals surface area contributed by atoms with Crippen molar-refractivity contribution < 1.29 is 4.79 Å². The molecule has 1 unspecified atom stereocenters. The Morgan fingerprint density at radius 1 is 1.47 bits per heavy atom. The SMILES string of the molecule is CN1CCC(c2nnc3cc(C=O)ccn23)C1. The zero-order valence-electron chi connectivity index (χ0n) is 9.71. The molecule has 1 aliphatic rings. The van der Waals surface area contributed by atoms with Crippen molar-refractivity contribution in [3.05, 3.63) is 29.7 Å². The number of carbonyl (C=O) groups excluding carboxylic acids is 1. The predicted octanol–water partition coefficient (Wildman–Crippen LogP) is 0.961. The van der Waals surface area contributed by atoms with Crippen molar-refractivity contribution in [2.24, 2.45) is 0 Å². The molecule has 3 heterocycles. The number of pyridine rings is 1. The van der Waals surface area contributed by atoms with Crippen LogP contribution in [0.1, 0.15) is 28.5 Å². The van der Waals surface area contributed by atoms with Crippen molar-refractivity contribution in [1.82, 2.24) is 19.5 Å². The second kappa shape index (κ2) is 3.92. The van der Waals surface area contributed by atoms with Crippen LogP contribution in [0.4, 0.5) is 0 Å². The highest BCUT2D eigenvalue weighted by atomic mass is 16.1. The molecular weight excluding hydrogens is 216 g/mol. The van der Waals surface area contributed by atoms with E-state index >= 15 is 0 Å². The molecule has 3 rings (SSSR count). The normalized spacial score (nSPS) is 21.1. The van der Waals surface area contributed by atoms with E-state index in [2.05, 4.69) is 22.1 Å². The number of likely N-dealkylation sites (N-methyl/N-ethyl adjacent to an activating group) is 1. The molecule has 0 saturated carbocycles. The van der Waals surface area contributed by atoms with E-state index in [0.717, 1.165) is 37.3 Å². The van der Waals surface area contributed by atoms with E-state index in [0.29, 0.717) is 11.5 Å². The van der Waals surface area contributed by atoms with Gasteiger partial charge >= 0.3 is 0 Å². The lowest BCUT2D eigenvalue weighted by Crippen LogP contribution is -2.14. The maximum Gasteiger partial charge on any atom is 0.161 e. The minimum absolute atomic E-state index is 0.442. The molecule has 1 fully saturated rings. The summed E-state index contributed by atoms with van der Waals surface area (Å²) >= 11 is 0. The van der Waals surface area contributed by atoms with E-state index in [1.165, 1.54) is 0 Å². The number of aldehydes is 1. The Kier molecular flexibility index (Phi) is 2.40. The van der Waals surface area contributed by atoms with Gasteiger partial charge in [-0.25, -0.2) is 0 Å². The molecule has 0 radical (unpaired) electrons. The van der Waals surface area contributed by atoms with Gasteiger partial charge in [0.05, 0.1) is 0 Å². The van der Waals surface area contributed by atoms with Gasteiger partial charge in [-0.2, -0.15) is 0 Å². The summed E-state index contributed by atoms with van der Waals surface area (Å²) in [5.74, 6) is 1.44. The molecule has 0 N–H and O–H groups in total. The summed E-state index contributed by atoms with van der Waals surface area (Å²) in [6.45, 7) is 2.13. The number of carbonyl (C=O) groups is 1. The quantitative estimate of drug-likeness (QED) is 0.721. The summed E-state index contributed by atoms with van der Waals surface area (Å²) in [5, 5.41) is 8.39. The van der Waals surface area contributed by atoms with Gasteiger partial charge in [-0.05, 0) is 32.1 Å². The molecule has 0 bridgehead atoms. The molecule has 1 atom stereocenters. The van der Waals surface area contributed by atoms with Gasteiger partial charge in [0, 0.05) is 24.2 Å². The van der Waals surface area contributed by atoms with Gasteiger partial charge in [-0.3, -0.25) is 9.20 Å². The second-order valence-corrected chi connectivity index (χ2v) is 4.61. The third kappa shape index (κ3) is 1.72. The zero-order valence-corrected chi connectivity index (χ0v) is 9.71. The first-order chi connectivity index (χ1) is 8.28. The van der Waals surface area contributed by atoms with Crippen LogP contribution in [-0.4, -0.2) is 45.9 Å². The number of aromatic nitrogens is 3. The Morgan fingerprint density at radius 2 is 2.35 bits per heavy atom. The van der Waals surface area contributed by atoms with Gasteiger partial charge in [-0.1, -0.05) is 0 Å². The lowest BCUT2D eigenvalue weighted by atomic mass is 10.1. The molecule has 5 heteroatoms. The van der Waals surface area contributed by atoms with E-state index in [4.69, 9.17) is 0 Å². The maximum atomic E-state index is 10.7. The maximum absolute atomic E-state index is 10.7. The number of fused-ring (bicyclic) bond motifs is 1. The van der Waals surface area contributed by atoms with Gasteiger partial charge in [0.2, 0.25) is 0 Å². The smallest absolute Gasteiger partial charge is 0.161 e. The molecule has 88 valence electrons. The van der Waals surface area contributed by atoms with Gasteiger partial charge in [0.1, 0.15) is 12.1 Å². The minimum Gasteiger partial charge on any atom is -0.306 e. The number of hydrogen-bond acceptors (Lipinski definition) is 4. The highest BCUT2D eigenvalue weighted by Gasteiger charge is 2.25. The largest absolute Gasteiger partial charge is 0.306 e. The van der Waals surface area contributed by atoms with E-state index < -0.39 is 0 Å². The fourth-order valence-electron chi connectivity index (χ4n) is 2.42. The van der Waals surface area contributed by atoms with Crippen LogP contribution in [0.25, 0.3) is 5.65 Å². The molecule has 0 amide bonds. The fourth-order valence-corrected chi connectivity index (χ4v) is 2.42. The Balaban J connectivity index is 2.03. The highest BCUT2D eigenvalue weighted by Crippen LogP contribution is 2.25. The van der Waals surface area contributed by atoms with E-state index in [1.54, 1.807) is 12.1 Å². The van der Waals surface area contributed by atoms with Crippen LogP contribution in [0, 0.1) is 0 Å².